The molecule has 1 heterocycles. The molecule has 49 heavy (non-hydrogen) atoms. The smallest absolute Gasteiger partial charge is 0.455 e. The predicted octanol–water partition coefficient (Wildman–Crippen LogP) is 4.38. The highest BCUT2D eigenvalue weighted by molar-refractivity contribution is 6.70. The summed E-state index contributed by atoms with van der Waals surface area (Å²) in [6.07, 6.45) is -6.12. The highest BCUT2D eigenvalue weighted by Crippen LogP contribution is 2.65. The molecule has 2 N–H and O–H groups in total. The number of Topliss-reactive ketones (excluding diaryl/α,β-unsaturated/α-hetero) is 2. The number of carbonyl (C=O) groups is 4. The number of ether oxygens (including phenoxy) is 4. The molecule has 5 rings (SSSR count). The number of hydrogen-bond donors (Lipinski definition) is 2. The zero-order chi connectivity index (χ0) is 36.5. The summed E-state index contributed by atoms with van der Waals surface area (Å²) in [4.78, 5) is 57.1. The third-order valence-corrected chi connectivity index (χ3v) is 17.1. The van der Waals surface area contributed by atoms with Gasteiger partial charge in [0.15, 0.2) is 5.60 Å². The molecule has 0 spiro atoms. The van der Waals surface area contributed by atoms with Gasteiger partial charge in [-0.1, -0.05) is 66.7 Å². The van der Waals surface area contributed by atoms with E-state index in [1.165, 1.54) is 0 Å². The molecule has 0 amide bonds. The van der Waals surface area contributed by atoms with Gasteiger partial charge in [0.2, 0.25) is 11.6 Å². The van der Waals surface area contributed by atoms with Crippen LogP contribution < -0.4 is 0 Å². The quantitative estimate of drug-likeness (QED) is 0.223. The molecule has 2 bridgehead atoms. The first-order chi connectivity index (χ1) is 22.8. The first-order valence-corrected chi connectivity index (χ1v) is 19.1. The average molecular weight is 705 g/mol. The molecule has 3 aliphatic carbocycles. The van der Waals surface area contributed by atoms with Crippen LogP contribution in [0.1, 0.15) is 78.6 Å². The van der Waals surface area contributed by atoms with Gasteiger partial charge in [0.25, 0.3) is 0 Å². The van der Waals surface area contributed by atoms with E-state index in [1.54, 1.807) is 65.1 Å². The van der Waals surface area contributed by atoms with Gasteiger partial charge in [-0.15, -0.1) is 0 Å². The van der Waals surface area contributed by atoms with E-state index in [0.717, 1.165) is 7.11 Å². The average Bonchev–Trinajstić information content (AvgIpc) is 3.04. The van der Waals surface area contributed by atoms with Crippen LogP contribution in [0.5, 0.6) is 0 Å². The number of methoxy groups -OCH3 is 1. The Morgan fingerprint density at radius 2 is 1.63 bits per heavy atom. The Kier molecular flexibility index (Phi) is 9.83. The van der Waals surface area contributed by atoms with Crippen LogP contribution in [-0.2, 0) is 37.4 Å². The van der Waals surface area contributed by atoms with Crippen LogP contribution in [0.15, 0.2) is 30.3 Å². The van der Waals surface area contributed by atoms with Crippen LogP contribution >= 0.6 is 0 Å². The lowest BCUT2D eigenvalue weighted by Crippen LogP contribution is -2.83. The van der Waals surface area contributed by atoms with Gasteiger partial charge in [-0.3, -0.25) is 9.59 Å². The minimum atomic E-state index is -3.17. The number of hydrogen-bond acceptors (Lipinski definition) is 12. The van der Waals surface area contributed by atoms with Crippen molar-refractivity contribution in [3.63, 3.8) is 0 Å². The summed E-state index contributed by atoms with van der Waals surface area (Å²) >= 11 is 0. The lowest BCUT2D eigenvalue weighted by molar-refractivity contribution is -0.347. The van der Waals surface area contributed by atoms with Crippen LogP contribution in [0.2, 0.25) is 11.1 Å². The van der Waals surface area contributed by atoms with Crippen molar-refractivity contribution in [2.24, 2.45) is 28.6 Å². The second kappa shape index (κ2) is 12.8. The van der Waals surface area contributed by atoms with Gasteiger partial charge in [-0.05, 0) is 36.1 Å². The molecule has 13 heteroatoms. The summed E-state index contributed by atoms with van der Waals surface area (Å²) in [5.41, 5.74) is -7.09. The van der Waals surface area contributed by atoms with E-state index < -0.39 is 96.5 Å². The first-order valence-electron chi connectivity index (χ1n) is 17.2. The Bertz CT molecular complexity index is 1450. The fourth-order valence-electron chi connectivity index (χ4n) is 9.71. The van der Waals surface area contributed by atoms with Gasteiger partial charge in [-0.25, -0.2) is 9.59 Å². The minimum Gasteiger partial charge on any atom is -0.455 e. The molecule has 12 nitrogen and oxygen atoms in total. The summed E-state index contributed by atoms with van der Waals surface area (Å²) in [6.45, 7) is 14.3. The topological polar surface area (TPSA) is 164 Å². The Hall–Kier alpha value is -2.68. The maximum absolute atomic E-state index is 15.2. The molecule has 0 aromatic heterocycles. The van der Waals surface area contributed by atoms with Crippen molar-refractivity contribution >= 4 is 32.3 Å². The highest BCUT2D eigenvalue weighted by atomic mass is 28.4. The van der Waals surface area contributed by atoms with Crippen LogP contribution in [0.3, 0.4) is 0 Å². The summed E-state index contributed by atoms with van der Waals surface area (Å²) in [6, 6.07) is 8.18. The van der Waals surface area contributed by atoms with Crippen molar-refractivity contribution in [3.05, 3.63) is 35.9 Å². The highest BCUT2D eigenvalue weighted by Gasteiger charge is 2.80. The molecule has 1 aliphatic heterocycles. The zero-order valence-electron chi connectivity index (χ0n) is 30.2. The molecule has 1 aromatic carbocycles. The van der Waals surface area contributed by atoms with E-state index in [2.05, 4.69) is 0 Å². The fourth-order valence-corrected chi connectivity index (χ4v) is 13.4. The predicted molar refractivity (Wildman–Crippen MR) is 178 cm³/mol. The number of ketones is 2. The molecule has 3 saturated carbocycles. The zero-order valence-corrected chi connectivity index (χ0v) is 31.2. The number of carbonyl (C=O) groups excluding carboxylic acids is 4. The molecular formula is C36H52O12Si. The Morgan fingerprint density at radius 3 is 2.14 bits per heavy atom. The molecule has 0 radical (unpaired) electrons. The number of aliphatic hydroxyl groups excluding tert-OH is 1. The second-order valence-electron chi connectivity index (χ2n) is 15.8. The standard InChI is InChI=1S/C36H52O12Si/c1-19(2)49(44-10,20(3)4)48-24-16-25-35(18-45-25,47-32(41)43-9)28-30(46-31(40)22-14-12-11-13-15-22)36(42)17-23(37)21(5)26(33(36,6)7)27(38)29(39)34(24,28)8/h11-15,19-21,23-26,28,30,37,42H,16-18H2,1-10H3/t21?,23-,24-,25+,26?,28?,30-,34+,35-,36+/m0/s1. The normalized spacial score (nSPS) is 38.4. The van der Waals surface area contributed by atoms with Crippen LogP contribution in [-0.4, -0.2) is 98.9 Å². The van der Waals surface area contributed by atoms with Gasteiger partial charge >= 0.3 is 20.7 Å². The van der Waals surface area contributed by atoms with Gasteiger partial charge in [0, 0.05) is 31.3 Å². The molecule has 4 aliphatic rings. The van der Waals surface area contributed by atoms with Crippen molar-refractivity contribution < 1.29 is 57.2 Å². The van der Waals surface area contributed by atoms with Gasteiger partial charge in [0.1, 0.15) is 17.8 Å². The first kappa shape index (κ1) is 37.6. The lowest BCUT2D eigenvalue weighted by atomic mass is 9.42. The number of benzene rings is 1. The van der Waals surface area contributed by atoms with Crippen molar-refractivity contribution in [2.75, 3.05) is 20.8 Å². The lowest BCUT2D eigenvalue weighted by Gasteiger charge is -2.68. The summed E-state index contributed by atoms with van der Waals surface area (Å²) < 4.78 is 36.8. The van der Waals surface area contributed by atoms with Crippen molar-refractivity contribution in [2.45, 2.75) is 115 Å². The Balaban J connectivity index is 1.84. The van der Waals surface area contributed by atoms with E-state index >= 15 is 4.79 Å². The molecular weight excluding hydrogens is 652 g/mol. The molecule has 1 saturated heterocycles. The van der Waals surface area contributed by atoms with Crippen molar-refractivity contribution in [1.82, 2.24) is 0 Å². The van der Waals surface area contributed by atoms with Crippen LogP contribution in [0.25, 0.3) is 0 Å². The second-order valence-corrected chi connectivity index (χ2v) is 20.2. The van der Waals surface area contributed by atoms with Crippen molar-refractivity contribution in [1.29, 1.82) is 0 Å². The monoisotopic (exact) mass is 704 g/mol. The van der Waals surface area contributed by atoms with Gasteiger partial charge in [0.05, 0.1) is 42.8 Å². The number of esters is 1. The maximum atomic E-state index is 15.2. The minimum absolute atomic E-state index is 0.0323. The third kappa shape index (κ3) is 5.33. The molecule has 272 valence electrons. The maximum Gasteiger partial charge on any atom is 0.508 e. The molecule has 3 unspecified atom stereocenters. The molecule has 4 fully saturated rings. The third-order valence-electron chi connectivity index (χ3n) is 12.6. The van der Waals surface area contributed by atoms with Crippen LogP contribution in [0, 0.1) is 28.6 Å². The van der Waals surface area contributed by atoms with E-state index in [9.17, 15) is 24.6 Å². The fraction of sp³-hybridized carbons (Fsp3) is 0.722. The SMILES string of the molecule is COC(=O)O[C@@]12CO[C@@H]1C[C@H](O[Si](OC)(C(C)C)C(C)C)[C@@]1(C)C(=O)C(=O)C3C(C)[C@@H](O)C[C@@](O)([C@@H](OC(=O)c4ccccc4)C12)C3(C)C. The van der Waals surface area contributed by atoms with E-state index in [4.69, 9.17) is 27.8 Å². The summed E-state index contributed by atoms with van der Waals surface area (Å²) in [5, 5.41) is 24.6. The van der Waals surface area contributed by atoms with E-state index in [-0.39, 0.29) is 36.1 Å². The van der Waals surface area contributed by atoms with E-state index in [1.807, 2.05) is 27.7 Å². The summed E-state index contributed by atoms with van der Waals surface area (Å²) in [5.74, 6) is -5.69. The number of fused-ring (bicyclic) bond motifs is 5. The summed E-state index contributed by atoms with van der Waals surface area (Å²) in [7, 11) is -0.454. The number of rotatable bonds is 8. The Labute approximate surface area is 289 Å². The van der Waals surface area contributed by atoms with Gasteiger partial charge in [-0.2, -0.15) is 0 Å². The molecule has 10 atom stereocenters. The van der Waals surface area contributed by atoms with E-state index in [0.29, 0.717) is 0 Å². The van der Waals surface area contributed by atoms with Crippen molar-refractivity contribution in [3.8, 4) is 0 Å². The number of aliphatic hydroxyl groups is 2. The largest absolute Gasteiger partial charge is 0.508 e. The van der Waals surface area contributed by atoms with Crippen LogP contribution in [0.4, 0.5) is 4.79 Å². The van der Waals surface area contributed by atoms with Gasteiger partial charge < -0.3 is 38.0 Å². The molecule has 1 aromatic rings. The Morgan fingerprint density at radius 1 is 1.02 bits per heavy atom.